The number of hydrogen-bond donors (Lipinski definition) is 0. The average Bonchev–Trinajstić information content (AvgIpc) is 1.82. The Morgan fingerprint density at radius 3 is 1.92 bits per heavy atom. The summed E-state index contributed by atoms with van der Waals surface area (Å²) >= 11 is 0. The Morgan fingerprint density at radius 2 is 1.62 bits per heavy atom. The minimum absolute atomic E-state index is 0.0280. The van der Waals surface area contributed by atoms with Crippen LogP contribution in [0.25, 0.3) is 0 Å². The van der Waals surface area contributed by atoms with Crippen molar-refractivity contribution in [3.05, 3.63) is 11.6 Å². The van der Waals surface area contributed by atoms with Gasteiger partial charge in [-0.1, -0.05) is 19.4 Å². The van der Waals surface area contributed by atoms with Crippen molar-refractivity contribution in [1.82, 2.24) is 0 Å². The third-order valence-corrected chi connectivity index (χ3v) is 2.02. The van der Waals surface area contributed by atoms with Crippen LogP contribution in [-0.2, 0) is 9.59 Å². The number of Topliss-reactive ketones (excluding diaryl/α,β-unsaturated/α-hetero) is 1. The van der Waals surface area contributed by atoms with Gasteiger partial charge in [0.25, 0.3) is 0 Å². The first-order valence-electron chi connectivity index (χ1n) is 4.44. The lowest BCUT2D eigenvalue weighted by Crippen LogP contribution is -2.24. The summed E-state index contributed by atoms with van der Waals surface area (Å²) in [6.45, 7) is 8.87. The summed E-state index contributed by atoms with van der Waals surface area (Å²) in [6, 6.07) is 0. The van der Waals surface area contributed by atoms with Crippen molar-refractivity contribution in [2.75, 3.05) is 0 Å². The summed E-state index contributed by atoms with van der Waals surface area (Å²) in [5.41, 5.74) is 0.451. The van der Waals surface area contributed by atoms with Gasteiger partial charge in [0.15, 0.2) is 5.78 Å². The van der Waals surface area contributed by atoms with E-state index in [1.54, 1.807) is 19.9 Å². The van der Waals surface area contributed by atoms with Gasteiger partial charge in [0.2, 0.25) is 0 Å². The number of carbonyl (C=O) groups is 2. The second-order valence-electron chi connectivity index (χ2n) is 4.30. The van der Waals surface area contributed by atoms with Crippen molar-refractivity contribution in [3.63, 3.8) is 0 Å². The van der Waals surface area contributed by atoms with Crippen LogP contribution in [0.2, 0.25) is 0 Å². The second kappa shape index (κ2) is 4.35. The zero-order valence-corrected chi connectivity index (χ0v) is 9.10. The molecule has 0 saturated carbocycles. The summed E-state index contributed by atoms with van der Waals surface area (Å²) < 4.78 is 0. The van der Waals surface area contributed by atoms with E-state index in [-0.39, 0.29) is 11.6 Å². The normalized spacial score (nSPS) is 10.8. The van der Waals surface area contributed by atoms with Crippen molar-refractivity contribution in [2.24, 2.45) is 5.41 Å². The van der Waals surface area contributed by atoms with Crippen LogP contribution in [0.15, 0.2) is 11.6 Å². The SMILES string of the molecule is CC(=O)C(C)(C)CC(=O)C=C(C)C. The summed E-state index contributed by atoms with van der Waals surface area (Å²) in [5, 5.41) is 0. The first kappa shape index (κ1) is 12.1. The van der Waals surface area contributed by atoms with E-state index in [0.29, 0.717) is 6.42 Å². The third kappa shape index (κ3) is 4.61. The molecule has 2 nitrogen and oxygen atoms in total. The predicted octanol–water partition coefficient (Wildman–Crippen LogP) is 2.53. The fraction of sp³-hybridized carbons (Fsp3) is 0.636. The number of hydrogen-bond acceptors (Lipinski definition) is 2. The Morgan fingerprint density at radius 1 is 1.15 bits per heavy atom. The standard InChI is InChI=1S/C11H18O2/c1-8(2)6-10(13)7-11(4,5)9(3)12/h6H,7H2,1-5H3. The van der Waals surface area contributed by atoms with Gasteiger partial charge in [-0.15, -0.1) is 0 Å². The quantitative estimate of drug-likeness (QED) is 0.626. The predicted molar refractivity (Wildman–Crippen MR) is 53.5 cm³/mol. The molecule has 0 aliphatic heterocycles. The highest BCUT2D eigenvalue weighted by atomic mass is 16.1. The fourth-order valence-electron chi connectivity index (χ4n) is 0.933. The molecule has 0 atom stereocenters. The molecule has 0 aliphatic rings. The molecule has 0 heterocycles. The van der Waals surface area contributed by atoms with Gasteiger partial charge in [-0.3, -0.25) is 9.59 Å². The van der Waals surface area contributed by atoms with Gasteiger partial charge in [-0.2, -0.15) is 0 Å². The Kier molecular flexibility index (Phi) is 4.05. The molecule has 2 heteroatoms. The third-order valence-electron chi connectivity index (χ3n) is 2.02. The summed E-state index contributed by atoms with van der Waals surface area (Å²) in [4.78, 5) is 22.5. The first-order chi connectivity index (χ1) is 5.75. The van der Waals surface area contributed by atoms with Crippen molar-refractivity contribution >= 4 is 11.6 Å². The van der Waals surface area contributed by atoms with Gasteiger partial charge < -0.3 is 0 Å². The van der Waals surface area contributed by atoms with Gasteiger partial charge in [0, 0.05) is 11.8 Å². The van der Waals surface area contributed by atoms with E-state index in [1.807, 2.05) is 13.8 Å². The van der Waals surface area contributed by atoms with Gasteiger partial charge in [-0.05, 0) is 26.8 Å². The molecule has 0 aliphatic carbocycles. The van der Waals surface area contributed by atoms with Crippen molar-refractivity contribution in [2.45, 2.75) is 41.0 Å². The molecule has 0 saturated heterocycles. The van der Waals surface area contributed by atoms with E-state index in [1.165, 1.54) is 6.92 Å². The second-order valence-corrected chi connectivity index (χ2v) is 4.30. The molecule has 0 aromatic carbocycles. The van der Waals surface area contributed by atoms with Crippen LogP contribution in [0.4, 0.5) is 0 Å². The van der Waals surface area contributed by atoms with Crippen LogP contribution in [0.1, 0.15) is 41.0 Å². The Hall–Kier alpha value is -0.920. The molecule has 0 fully saturated rings. The first-order valence-corrected chi connectivity index (χ1v) is 4.44. The van der Waals surface area contributed by atoms with E-state index in [2.05, 4.69) is 0 Å². The average molecular weight is 182 g/mol. The minimum atomic E-state index is -0.525. The molecule has 74 valence electrons. The van der Waals surface area contributed by atoms with Gasteiger partial charge >= 0.3 is 0 Å². The van der Waals surface area contributed by atoms with Crippen LogP contribution in [0.3, 0.4) is 0 Å². The molecule has 0 aromatic rings. The highest BCUT2D eigenvalue weighted by Gasteiger charge is 2.25. The van der Waals surface area contributed by atoms with Gasteiger partial charge in [0.1, 0.15) is 5.78 Å². The zero-order chi connectivity index (χ0) is 10.6. The maximum atomic E-state index is 11.3. The van der Waals surface area contributed by atoms with Crippen molar-refractivity contribution < 1.29 is 9.59 Å². The lowest BCUT2D eigenvalue weighted by Gasteiger charge is -2.18. The molecule has 0 aromatic heterocycles. The molecule has 0 N–H and O–H groups in total. The largest absolute Gasteiger partial charge is 0.299 e. The topological polar surface area (TPSA) is 34.1 Å². The lowest BCUT2D eigenvalue weighted by atomic mass is 9.83. The Balaban J connectivity index is 4.38. The maximum absolute atomic E-state index is 11.3. The summed E-state index contributed by atoms with van der Waals surface area (Å²) in [6.07, 6.45) is 1.89. The lowest BCUT2D eigenvalue weighted by molar-refractivity contribution is -0.129. The molecule has 0 rings (SSSR count). The van der Waals surface area contributed by atoms with Crippen molar-refractivity contribution in [1.29, 1.82) is 0 Å². The Bertz CT molecular complexity index is 243. The molecular weight excluding hydrogens is 164 g/mol. The van der Waals surface area contributed by atoms with Gasteiger partial charge in [-0.25, -0.2) is 0 Å². The van der Waals surface area contributed by atoms with E-state index >= 15 is 0 Å². The van der Waals surface area contributed by atoms with E-state index < -0.39 is 5.41 Å². The molecule has 0 radical (unpaired) electrons. The fourth-order valence-corrected chi connectivity index (χ4v) is 0.933. The van der Waals surface area contributed by atoms with E-state index in [4.69, 9.17) is 0 Å². The number of rotatable bonds is 4. The Labute approximate surface area is 80.0 Å². The van der Waals surface area contributed by atoms with Gasteiger partial charge in [0.05, 0.1) is 0 Å². The monoisotopic (exact) mass is 182 g/mol. The maximum Gasteiger partial charge on any atom is 0.156 e. The number of ketones is 2. The zero-order valence-electron chi connectivity index (χ0n) is 9.10. The molecule has 0 spiro atoms. The van der Waals surface area contributed by atoms with Crippen LogP contribution in [0, 0.1) is 5.41 Å². The number of allylic oxidation sites excluding steroid dienone is 2. The molecular formula is C11H18O2. The van der Waals surface area contributed by atoms with Crippen LogP contribution in [-0.4, -0.2) is 11.6 Å². The smallest absolute Gasteiger partial charge is 0.156 e. The highest BCUT2D eigenvalue weighted by Crippen LogP contribution is 2.22. The highest BCUT2D eigenvalue weighted by molar-refractivity contribution is 5.95. The molecule has 0 unspecified atom stereocenters. The van der Waals surface area contributed by atoms with Crippen LogP contribution < -0.4 is 0 Å². The van der Waals surface area contributed by atoms with Crippen LogP contribution in [0.5, 0.6) is 0 Å². The van der Waals surface area contributed by atoms with Crippen molar-refractivity contribution in [3.8, 4) is 0 Å². The van der Waals surface area contributed by atoms with E-state index in [0.717, 1.165) is 5.57 Å². The number of carbonyl (C=O) groups excluding carboxylic acids is 2. The molecule has 0 amide bonds. The van der Waals surface area contributed by atoms with E-state index in [9.17, 15) is 9.59 Å². The minimum Gasteiger partial charge on any atom is -0.299 e. The molecule has 13 heavy (non-hydrogen) atoms. The summed E-state index contributed by atoms with van der Waals surface area (Å²) in [5.74, 6) is 0.0863. The van der Waals surface area contributed by atoms with Crippen LogP contribution >= 0.6 is 0 Å². The summed E-state index contributed by atoms with van der Waals surface area (Å²) in [7, 11) is 0. The molecule has 0 bridgehead atoms.